The van der Waals surface area contributed by atoms with E-state index in [2.05, 4.69) is 48.1 Å². The van der Waals surface area contributed by atoms with Gasteiger partial charge in [-0.3, -0.25) is 4.90 Å². The number of thiophene rings is 1. The second kappa shape index (κ2) is 6.66. The Kier molecular flexibility index (Phi) is 5.49. The molecular weight excluding hydrogens is 364 g/mol. The highest BCUT2D eigenvalue weighted by molar-refractivity contribution is 9.13. The normalized spacial score (nSPS) is 21.9. The van der Waals surface area contributed by atoms with E-state index >= 15 is 0 Å². The Morgan fingerprint density at radius 3 is 2.94 bits per heavy atom. The molecule has 2 heterocycles. The highest BCUT2D eigenvalue weighted by atomic mass is 79.9. The third-order valence-electron chi connectivity index (χ3n) is 3.24. The number of nitrogens with zero attached hydrogens (tertiary/aromatic N) is 1. The summed E-state index contributed by atoms with van der Waals surface area (Å²) in [6.07, 6.45) is 4.04. The molecule has 0 aromatic carbocycles. The van der Waals surface area contributed by atoms with Gasteiger partial charge in [0.25, 0.3) is 0 Å². The molecule has 0 spiro atoms. The van der Waals surface area contributed by atoms with Crippen LogP contribution in [0.15, 0.2) is 14.3 Å². The first kappa shape index (κ1) is 14.0. The van der Waals surface area contributed by atoms with Crippen LogP contribution in [-0.2, 0) is 6.54 Å². The van der Waals surface area contributed by atoms with Crippen LogP contribution in [0.5, 0.6) is 0 Å². The van der Waals surface area contributed by atoms with E-state index in [1.165, 1.54) is 38.9 Å². The summed E-state index contributed by atoms with van der Waals surface area (Å²) in [7, 11) is 2.05. The zero-order valence-electron chi connectivity index (χ0n) is 10.0. The van der Waals surface area contributed by atoms with E-state index in [0.29, 0.717) is 6.04 Å². The zero-order chi connectivity index (χ0) is 12.3. The SMILES string of the molecule is CNCC1CCCCN1Cc1cc(Br)c(Br)s1. The van der Waals surface area contributed by atoms with Crippen molar-refractivity contribution in [2.75, 3.05) is 20.1 Å². The lowest BCUT2D eigenvalue weighted by Crippen LogP contribution is -2.44. The lowest BCUT2D eigenvalue weighted by Gasteiger charge is -2.35. The molecule has 0 aliphatic carbocycles. The van der Waals surface area contributed by atoms with Crippen molar-refractivity contribution in [3.63, 3.8) is 0 Å². The lowest BCUT2D eigenvalue weighted by atomic mass is 10.0. The van der Waals surface area contributed by atoms with Gasteiger partial charge < -0.3 is 5.32 Å². The number of likely N-dealkylation sites (tertiary alicyclic amines) is 1. The molecule has 1 aliphatic heterocycles. The molecule has 2 rings (SSSR count). The molecule has 0 bridgehead atoms. The molecule has 1 unspecified atom stereocenters. The number of likely N-dealkylation sites (N-methyl/N-ethyl adjacent to an activating group) is 1. The molecule has 0 amide bonds. The minimum Gasteiger partial charge on any atom is -0.318 e. The van der Waals surface area contributed by atoms with Gasteiger partial charge in [-0.25, -0.2) is 0 Å². The summed E-state index contributed by atoms with van der Waals surface area (Å²) in [5.74, 6) is 0. The van der Waals surface area contributed by atoms with Gasteiger partial charge in [-0.2, -0.15) is 0 Å². The van der Waals surface area contributed by atoms with E-state index in [1.807, 2.05) is 18.4 Å². The third kappa shape index (κ3) is 3.77. The number of halogens is 2. The van der Waals surface area contributed by atoms with Crippen LogP contribution in [0.4, 0.5) is 0 Å². The maximum atomic E-state index is 3.57. The fraction of sp³-hybridized carbons (Fsp3) is 0.667. The van der Waals surface area contributed by atoms with Crippen LogP contribution < -0.4 is 5.32 Å². The van der Waals surface area contributed by atoms with E-state index in [-0.39, 0.29) is 0 Å². The van der Waals surface area contributed by atoms with Crippen molar-refractivity contribution in [1.82, 2.24) is 10.2 Å². The number of rotatable bonds is 4. The Morgan fingerprint density at radius 1 is 1.47 bits per heavy atom. The first-order valence-corrected chi connectivity index (χ1v) is 8.43. The van der Waals surface area contributed by atoms with Gasteiger partial charge in [-0.05, 0) is 64.4 Å². The van der Waals surface area contributed by atoms with E-state index in [0.717, 1.165) is 13.1 Å². The molecule has 1 atom stereocenters. The first-order chi connectivity index (χ1) is 8.20. The number of hydrogen-bond acceptors (Lipinski definition) is 3. The summed E-state index contributed by atoms with van der Waals surface area (Å²) < 4.78 is 2.38. The van der Waals surface area contributed by atoms with Gasteiger partial charge in [0.15, 0.2) is 0 Å². The van der Waals surface area contributed by atoms with Gasteiger partial charge in [0, 0.05) is 28.5 Å². The standard InChI is InChI=1S/C12H18Br2N2S/c1-15-7-9-4-2-3-5-16(9)8-10-6-11(13)12(14)17-10/h6,9,15H,2-5,7-8H2,1H3. The Labute approximate surface area is 124 Å². The maximum Gasteiger partial charge on any atom is 0.0843 e. The molecule has 0 saturated carbocycles. The van der Waals surface area contributed by atoms with Crippen molar-refractivity contribution in [3.05, 3.63) is 19.2 Å². The Morgan fingerprint density at radius 2 is 2.29 bits per heavy atom. The molecule has 1 aromatic rings. The predicted octanol–water partition coefficient (Wildman–Crippen LogP) is 3.85. The second-order valence-electron chi connectivity index (χ2n) is 4.51. The lowest BCUT2D eigenvalue weighted by molar-refractivity contribution is 0.140. The molecule has 0 radical (unpaired) electrons. The zero-order valence-corrected chi connectivity index (χ0v) is 14.0. The Bertz CT molecular complexity index is 346. The van der Waals surface area contributed by atoms with Gasteiger partial charge >= 0.3 is 0 Å². The molecule has 5 heteroatoms. The highest BCUT2D eigenvalue weighted by Gasteiger charge is 2.22. The van der Waals surface area contributed by atoms with Gasteiger partial charge in [-0.1, -0.05) is 6.42 Å². The van der Waals surface area contributed by atoms with Crippen LogP contribution in [0, 0.1) is 0 Å². The van der Waals surface area contributed by atoms with Crippen LogP contribution in [-0.4, -0.2) is 31.1 Å². The molecule has 96 valence electrons. The monoisotopic (exact) mass is 380 g/mol. The third-order valence-corrected chi connectivity index (χ3v) is 6.48. The van der Waals surface area contributed by atoms with Crippen LogP contribution in [0.2, 0.25) is 0 Å². The van der Waals surface area contributed by atoms with Crippen LogP contribution in [0.25, 0.3) is 0 Å². The van der Waals surface area contributed by atoms with E-state index in [9.17, 15) is 0 Å². The number of nitrogens with one attached hydrogen (secondary N) is 1. The van der Waals surface area contributed by atoms with Gasteiger partial charge in [0.05, 0.1) is 3.79 Å². The van der Waals surface area contributed by atoms with E-state index in [1.54, 1.807) is 0 Å². The smallest absolute Gasteiger partial charge is 0.0843 e. The minimum absolute atomic E-state index is 0.702. The van der Waals surface area contributed by atoms with Crippen LogP contribution in [0.1, 0.15) is 24.1 Å². The number of hydrogen-bond donors (Lipinski definition) is 1. The average molecular weight is 382 g/mol. The first-order valence-electron chi connectivity index (χ1n) is 6.03. The summed E-state index contributed by atoms with van der Waals surface area (Å²) in [5.41, 5.74) is 0. The molecular formula is C12H18Br2N2S. The molecule has 1 fully saturated rings. The van der Waals surface area contributed by atoms with Crippen molar-refractivity contribution in [1.29, 1.82) is 0 Å². The topological polar surface area (TPSA) is 15.3 Å². The van der Waals surface area contributed by atoms with E-state index in [4.69, 9.17) is 0 Å². The van der Waals surface area contributed by atoms with Crippen LogP contribution >= 0.6 is 43.2 Å². The summed E-state index contributed by atoms with van der Waals surface area (Å²) >= 11 is 8.96. The Hall–Kier alpha value is 0.580. The molecule has 1 aliphatic rings. The molecule has 17 heavy (non-hydrogen) atoms. The van der Waals surface area contributed by atoms with Crippen molar-refractivity contribution >= 4 is 43.2 Å². The van der Waals surface area contributed by atoms with Gasteiger partial charge in [-0.15, -0.1) is 11.3 Å². The van der Waals surface area contributed by atoms with E-state index < -0.39 is 0 Å². The molecule has 1 aromatic heterocycles. The molecule has 1 N–H and O–H groups in total. The largest absolute Gasteiger partial charge is 0.318 e. The Balaban J connectivity index is 2.00. The van der Waals surface area contributed by atoms with Crippen molar-refractivity contribution < 1.29 is 0 Å². The average Bonchev–Trinajstić information content (AvgIpc) is 2.61. The van der Waals surface area contributed by atoms with Crippen LogP contribution in [0.3, 0.4) is 0 Å². The fourth-order valence-corrected chi connectivity index (χ4v) is 4.61. The van der Waals surface area contributed by atoms with Crippen molar-refractivity contribution in [2.24, 2.45) is 0 Å². The summed E-state index contributed by atoms with van der Waals surface area (Å²) in [6, 6.07) is 2.94. The minimum atomic E-state index is 0.702. The highest BCUT2D eigenvalue weighted by Crippen LogP contribution is 2.33. The van der Waals surface area contributed by atoms with Crippen molar-refractivity contribution in [3.8, 4) is 0 Å². The maximum absolute atomic E-state index is 3.57. The summed E-state index contributed by atoms with van der Waals surface area (Å²) in [4.78, 5) is 4.05. The molecule has 2 nitrogen and oxygen atoms in total. The summed E-state index contributed by atoms with van der Waals surface area (Å²) in [6.45, 7) is 3.43. The molecule has 1 saturated heterocycles. The van der Waals surface area contributed by atoms with Gasteiger partial charge in [0.1, 0.15) is 0 Å². The number of piperidine rings is 1. The summed E-state index contributed by atoms with van der Waals surface area (Å²) in [5, 5.41) is 3.31. The fourth-order valence-electron chi connectivity index (χ4n) is 2.40. The van der Waals surface area contributed by atoms with Crippen molar-refractivity contribution in [2.45, 2.75) is 31.8 Å². The predicted molar refractivity (Wildman–Crippen MR) is 81.7 cm³/mol. The second-order valence-corrected chi connectivity index (χ2v) is 7.82. The van der Waals surface area contributed by atoms with Gasteiger partial charge in [0.2, 0.25) is 0 Å². The quantitative estimate of drug-likeness (QED) is 0.852.